The monoisotopic (exact) mass is 327 g/mol. The molecule has 0 heterocycles. The van der Waals surface area contributed by atoms with Crippen LogP contribution in [0.2, 0.25) is 0 Å². The van der Waals surface area contributed by atoms with Gasteiger partial charge in [-0.1, -0.05) is 42.1 Å². The van der Waals surface area contributed by atoms with Crippen LogP contribution in [-0.4, -0.2) is 6.54 Å². The summed E-state index contributed by atoms with van der Waals surface area (Å²) >= 11 is 3.58. The lowest BCUT2D eigenvalue weighted by Gasteiger charge is -2.32. The fraction of sp³-hybridized carbons (Fsp3) is 0.625. The molecule has 19 heavy (non-hydrogen) atoms. The lowest BCUT2D eigenvalue weighted by Crippen LogP contribution is -2.30. The van der Waals surface area contributed by atoms with Crippen molar-refractivity contribution in [3.63, 3.8) is 0 Å². The van der Waals surface area contributed by atoms with Crippen LogP contribution in [0, 0.1) is 11.7 Å². The van der Waals surface area contributed by atoms with Gasteiger partial charge in [0, 0.05) is 10.5 Å². The molecular formula is C16H23BrFN. The average Bonchev–Trinajstić information content (AvgIpc) is 2.44. The smallest absolute Gasteiger partial charge is 0.123 e. The van der Waals surface area contributed by atoms with Gasteiger partial charge in [0.1, 0.15) is 5.82 Å². The minimum absolute atomic E-state index is 0.141. The molecule has 1 aromatic rings. The molecule has 0 bridgehead atoms. The van der Waals surface area contributed by atoms with Gasteiger partial charge in [-0.05, 0) is 55.5 Å². The summed E-state index contributed by atoms with van der Waals surface area (Å²) in [5, 5.41) is 3.63. The molecule has 1 aliphatic carbocycles. The van der Waals surface area contributed by atoms with Gasteiger partial charge in [-0.2, -0.15) is 0 Å². The highest BCUT2D eigenvalue weighted by Crippen LogP contribution is 2.37. The number of nitrogens with one attached hydrogen (secondary N) is 1. The zero-order chi connectivity index (χ0) is 13.7. The highest BCUT2D eigenvalue weighted by Gasteiger charge is 2.26. The molecule has 1 fully saturated rings. The van der Waals surface area contributed by atoms with Crippen LogP contribution in [0.3, 0.4) is 0 Å². The summed E-state index contributed by atoms with van der Waals surface area (Å²) in [5.74, 6) is 0.496. The lowest BCUT2D eigenvalue weighted by atomic mass is 9.81. The van der Waals surface area contributed by atoms with Gasteiger partial charge in [0.2, 0.25) is 0 Å². The highest BCUT2D eigenvalue weighted by atomic mass is 79.9. The summed E-state index contributed by atoms with van der Waals surface area (Å²) in [6.07, 6.45) is 7.58. The van der Waals surface area contributed by atoms with E-state index in [1.54, 1.807) is 6.07 Å². The van der Waals surface area contributed by atoms with Crippen molar-refractivity contribution < 1.29 is 4.39 Å². The third kappa shape index (κ3) is 4.03. The molecule has 3 heteroatoms. The van der Waals surface area contributed by atoms with Crippen molar-refractivity contribution in [3.05, 3.63) is 34.1 Å². The molecular weight excluding hydrogens is 305 g/mol. The summed E-state index contributed by atoms with van der Waals surface area (Å²) in [5.41, 5.74) is 1.08. The van der Waals surface area contributed by atoms with E-state index in [4.69, 9.17) is 0 Å². The van der Waals surface area contributed by atoms with E-state index in [2.05, 4.69) is 28.2 Å². The predicted octanol–water partition coefficient (Wildman–Crippen LogP) is 5.21. The number of halogens is 2. The third-order valence-corrected chi connectivity index (χ3v) is 4.75. The largest absolute Gasteiger partial charge is 0.310 e. The van der Waals surface area contributed by atoms with E-state index >= 15 is 0 Å². The summed E-state index contributed by atoms with van der Waals surface area (Å²) in [6, 6.07) is 5.32. The Morgan fingerprint density at radius 3 is 2.74 bits per heavy atom. The van der Waals surface area contributed by atoms with Gasteiger partial charge in [-0.15, -0.1) is 0 Å². The standard InChI is InChI=1S/C16H23BrFN/c1-2-10-19-16(12-6-4-3-5-7-12)14-11-13(18)8-9-15(14)17/h8-9,11-12,16,19H,2-7,10H2,1H3. The van der Waals surface area contributed by atoms with E-state index in [0.717, 1.165) is 23.0 Å². The van der Waals surface area contributed by atoms with Crippen LogP contribution in [0.25, 0.3) is 0 Å². The zero-order valence-electron chi connectivity index (χ0n) is 11.6. The molecule has 0 aromatic heterocycles. The van der Waals surface area contributed by atoms with Crippen LogP contribution in [0.15, 0.2) is 22.7 Å². The number of benzene rings is 1. The van der Waals surface area contributed by atoms with Crippen molar-refractivity contribution in [2.24, 2.45) is 5.92 Å². The summed E-state index contributed by atoms with van der Waals surface area (Å²) < 4.78 is 14.6. The van der Waals surface area contributed by atoms with Gasteiger partial charge >= 0.3 is 0 Å². The molecule has 106 valence electrons. The first-order valence-electron chi connectivity index (χ1n) is 7.40. The summed E-state index contributed by atoms with van der Waals surface area (Å²) in [7, 11) is 0. The van der Waals surface area contributed by atoms with Gasteiger partial charge in [0.25, 0.3) is 0 Å². The SMILES string of the molecule is CCCNC(c1cc(F)ccc1Br)C1CCCCC1. The molecule has 1 aromatic carbocycles. The van der Waals surface area contributed by atoms with Gasteiger partial charge in [0.15, 0.2) is 0 Å². The van der Waals surface area contributed by atoms with Crippen LogP contribution < -0.4 is 5.32 Å². The third-order valence-electron chi connectivity index (χ3n) is 4.03. The first-order chi connectivity index (χ1) is 9.22. The van der Waals surface area contributed by atoms with E-state index in [1.165, 1.54) is 38.2 Å². The fourth-order valence-electron chi connectivity index (χ4n) is 3.05. The van der Waals surface area contributed by atoms with Crippen molar-refractivity contribution >= 4 is 15.9 Å². The minimum Gasteiger partial charge on any atom is -0.310 e. The maximum absolute atomic E-state index is 13.5. The second-order valence-corrected chi connectivity index (χ2v) is 6.35. The molecule has 1 atom stereocenters. The Morgan fingerprint density at radius 1 is 1.32 bits per heavy atom. The number of hydrogen-bond donors (Lipinski definition) is 1. The van der Waals surface area contributed by atoms with Crippen molar-refractivity contribution in [3.8, 4) is 0 Å². The molecule has 0 spiro atoms. The second kappa shape index (κ2) is 7.39. The Morgan fingerprint density at radius 2 is 2.05 bits per heavy atom. The molecule has 2 rings (SSSR count). The normalized spacial score (nSPS) is 18.5. The minimum atomic E-state index is -0.141. The van der Waals surface area contributed by atoms with Crippen molar-refractivity contribution in [1.82, 2.24) is 5.32 Å². The maximum atomic E-state index is 13.5. The summed E-state index contributed by atoms with van der Waals surface area (Å²) in [4.78, 5) is 0. The van der Waals surface area contributed by atoms with Gasteiger partial charge in [-0.3, -0.25) is 0 Å². The molecule has 0 amide bonds. The highest BCUT2D eigenvalue weighted by molar-refractivity contribution is 9.10. The molecule has 1 unspecified atom stereocenters. The van der Waals surface area contributed by atoms with E-state index < -0.39 is 0 Å². The molecule has 0 saturated heterocycles. The Bertz CT molecular complexity index is 402. The van der Waals surface area contributed by atoms with Crippen LogP contribution in [0.1, 0.15) is 57.1 Å². The number of rotatable bonds is 5. The van der Waals surface area contributed by atoms with E-state index in [1.807, 2.05) is 6.07 Å². The second-order valence-electron chi connectivity index (χ2n) is 5.50. The molecule has 1 nitrogen and oxygen atoms in total. The van der Waals surface area contributed by atoms with E-state index in [-0.39, 0.29) is 11.9 Å². The fourth-order valence-corrected chi connectivity index (χ4v) is 3.54. The van der Waals surface area contributed by atoms with Gasteiger partial charge in [-0.25, -0.2) is 4.39 Å². The zero-order valence-corrected chi connectivity index (χ0v) is 13.2. The maximum Gasteiger partial charge on any atom is 0.123 e. The molecule has 0 radical (unpaired) electrons. The predicted molar refractivity (Wildman–Crippen MR) is 81.7 cm³/mol. The molecule has 1 aliphatic rings. The Labute approximate surface area is 124 Å². The Balaban J connectivity index is 2.22. The molecule has 1 N–H and O–H groups in total. The van der Waals surface area contributed by atoms with E-state index in [0.29, 0.717) is 5.92 Å². The Hall–Kier alpha value is -0.410. The topological polar surface area (TPSA) is 12.0 Å². The van der Waals surface area contributed by atoms with Crippen molar-refractivity contribution in [1.29, 1.82) is 0 Å². The molecule has 1 saturated carbocycles. The average molecular weight is 328 g/mol. The van der Waals surface area contributed by atoms with Crippen LogP contribution in [0.5, 0.6) is 0 Å². The van der Waals surface area contributed by atoms with Crippen LogP contribution >= 0.6 is 15.9 Å². The summed E-state index contributed by atoms with van der Waals surface area (Å²) in [6.45, 7) is 3.16. The first kappa shape index (κ1) is 15.0. The van der Waals surface area contributed by atoms with E-state index in [9.17, 15) is 4.39 Å². The van der Waals surface area contributed by atoms with Crippen LogP contribution in [0.4, 0.5) is 4.39 Å². The van der Waals surface area contributed by atoms with Crippen molar-refractivity contribution in [2.45, 2.75) is 51.5 Å². The van der Waals surface area contributed by atoms with Crippen molar-refractivity contribution in [2.75, 3.05) is 6.54 Å². The van der Waals surface area contributed by atoms with Gasteiger partial charge < -0.3 is 5.32 Å². The van der Waals surface area contributed by atoms with Crippen LogP contribution in [-0.2, 0) is 0 Å². The lowest BCUT2D eigenvalue weighted by molar-refractivity contribution is 0.271. The number of hydrogen-bond acceptors (Lipinski definition) is 1. The first-order valence-corrected chi connectivity index (χ1v) is 8.20. The molecule has 0 aliphatic heterocycles. The van der Waals surface area contributed by atoms with Gasteiger partial charge in [0.05, 0.1) is 0 Å². The Kier molecular flexibility index (Phi) is 5.83. The quantitative estimate of drug-likeness (QED) is 0.782.